The molecule has 0 atom stereocenters. The maximum atomic E-state index is 11.8. The second kappa shape index (κ2) is 7.46. The molecule has 3 heterocycles. The molecule has 2 aromatic rings. The molecule has 2 N–H and O–H groups in total. The van der Waals surface area contributed by atoms with Crippen LogP contribution in [0, 0.1) is 6.92 Å². The molecule has 0 aromatic carbocycles. The van der Waals surface area contributed by atoms with E-state index < -0.39 is 0 Å². The third-order valence-electron chi connectivity index (χ3n) is 3.91. The molecule has 2 aromatic heterocycles. The van der Waals surface area contributed by atoms with E-state index >= 15 is 0 Å². The van der Waals surface area contributed by atoms with Crippen molar-refractivity contribution in [2.24, 2.45) is 0 Å². The van der Waals surface area contributed by atoms with E-state index in [1.807, 2.05) is 24.4 Å². The zero-order valence-corrected chi connectivity index (χ0v) is 14.2. The van der Waals surface area contributed by atoms with Gasteiger partial charge < -0.3 is 15.5 Å². The SMILES string of the molecule is Cc1ccc(CNC(=O)NCc2ccc(N3CCCC3)nc2)s1. The van der Waals surface area contributed by atoms with E-state index in [-0.39, 0.29) is 6.03 Å². The quantitative estimate of drug-likeness (QED) is 0.886. The van der Waals surface area contributed by atoms with Gasteiger partial charge in [-0.15, -0.1) is 11.3 Å². The summed E-state index contributed by atoms with van der Waals surface area (Å²) in [4.78, 5) is 21.0. The van der Waals surface area contributed by atoms with Crippen LogP contribution in [0.3, 0.4) is 0 Å². The fraction of sp³-hybridized carbons (Fsp3) is 0.412. The fourth-order valence-corrected chi connectivity index (χ4v) is 3.48. The number of thiophene rings is 1. The minimum atomic E-state index is -0.153. The van der Waals surface area contributed by atoms with Gasteiger partial charge in [0.05, 0.1) is 6.54 Å². The van der Waals surface area contributed by atoms with Gasteiger partial charge in [0.1, 0.15) is 5.82 Å². The highest BCUT2D eigenvalue weighted by molar-refractivity contribution is 7.11. The number of anilines is 1. The highest BCUT2D eigenvalue weighted by Gasteiger charge is 2.13. The Hall–Kier alpha value is -2.08. The van der Waals surface area contributed by atoms with E-state index in [2.05, 4.69) is 33.5 Å². The summed E-state index contributed by atoms with van der Waals surface area (Å²) in [5, 5.41) is 5.74. The van der Waals surface area contributed by atoms with Crippen LogP contribution in [0.2, 0.25) is 0 Å². The third kappa shape index (κ3) is 4.45. The van der Waals surface area contributed by atoms with Crippen LogP contribution in [-0.2, 0) is 13.1 Å². The lowest BCUT2D eigenvalue weighted by atomic mass is 10.3. The zero-order chi connectivity index (χ0) is 16.1. The van der Waals surface area contributed by atoms with E-state index in [4.69, 9.17) is 0 Å². The Morgan fingerprint density at radius 2 is 1.96 bits per heavy atom. The second-order valence-corrected chi connectivity index (χ2v) is 7.14. The van der Waals surface area contributed by atoms with Crippen LogP contribution in [0.25, 0.3) is 0 Å². The fourth-order valence-electron chi connectivity index (χ4n) is 2.65. The second-order valence-electron chi connectivity index (χ2n) is 5.77. The molecular formula is C17H22N4OS. The van der Waals surface area contributed by atoms with Gasteiger partial charge in [-0.25, -0.2) is 9.78 Å². The smallest absolute Gasteiger partial charge is 0.315 e. The number of nitrogens with zero attached hydrogens (tertiary/aromatic N) is 2. The summed E-state index contributed by atoms with van der Waals surface area (Å²) in [6, 6.07) is 8.02. The molecule has 3 rings (SSSR count). The number of carbonyl (C=O) groups excluding carboxylic acids is 1. The molecule has 5 nitrogen and oxygen atoms in total. The number of pyridine rings is 1. The number of nitrogens with one attached hydrogen (secondary N) is 2. The van der Waals surface area contributed by atoms with E-state index in [1.54, 1.807) is 11.3 Å². The molecule has 1 aliphatic heterocycles. The Labute approximate surface area is 140 Å². The summed E-state index contributed by atoms with van der Waals surface area (Å²) in [5.41, 5.74) is 1.01. The first-order chi connectivity index (χ1) is 11.2. The monoisotopic (exact) mass is 330 g/mol. The number of urea groups is 1. The highest BCUT2D eigenvalue weighted by atomic mass is 32.1. The molecule has 0 radical (unpaired) electrons. The van der Waals surface area contributed by atoms with Gasteiger partial charge in [-0.2, -0.15) is 0 Å². The first kappa shape index (κ1) is 15.8. The Bertz CT molecular complexity index is 647. The van der Waals surface area contributed by atoms with Crippen LogP contribution < -0.4 is 15.5 Å². The van der Waals surface area contributed by atoms with Crippen molar-refractivity contribution in [1.29, 1.82) is 0 Å². The number of aryl methyl sites for hydroxylation is 1. The molecule has 6 heteroatoms. The van der Waals surface area contributed by atoms with Gasteiger partial charge >= 0.3 is 6.03 Å². The molecule has 1 saturated heterocycles. The topological polar surface area (TPSA) is 57.3 Å². The minimum Gasteiger partial charge on any atom is -0.357 e. The molecule has 1 fully saturated rings. The molecule has 122 valence electrons. The molecule has 0 aliphatic carbocycles. The predicted molar refractivity (Wildman–Crippen MR) is 93.8 cm³/mol. The summed E-state index contributed by atoms with van der Waals surface area (Å²) in [6.07, 6.45) is 4.33. The van der Waals surface area contributed by atoms with Crippen LogP contribution in [0.5, 0.6) is 0 Å². The van der Waals surface area contributed by atoms with Crippen molar-refractivity contribution < 1.29 is 4.79 Å². The van der Waals surface area contributed by atoms with Gasteiger partial charge in [-0.1, -0.05) is 6.07 Å². The molecule has 1 aliphatic rings. The summed E-state index contributed by atoms with van der Waals surface area (Å²) in [5.74, 6) is 1.03. The molecule has 0 spiro atoms. The van der Waals surface area contributed by atoms with Crippen LogP contribution in [0.4, 0.5) is 10.6 Å². The predicted octanol–water partition coefficient (Wildman–Crippen LogP) is 3.05. The lowest BCUT2D eigenvalue weighted by Gasteiger charge is -2.16. The molecular weight excluding hydrogens is 308 g/mol. The first-order valence-corrected chi connectivity index (χ1v) is 8.79. The number of amides is 2. The Morgan fingerprint density at radius 1 is 1.17 bits per heavy atom. The van der Waals surface area contributed by atoms with Gasteiger partial charge in [0.25, 0.3) is 0 Å². The minimum absolute atomic E-state index is 0.153. The Balaban J connectivity index is 1.43. The third-order valence-corrected chi connectivity index (χ3v) is 4.91. The Morgan fingerprint density at radius 3 is 2.61 bits per heavy atom. The van der Waals surface area contributed by atoms with E-state index in [0.29, 0.717) is 13.1 Å². The van der Waals surface area contributed by atoms with Crippen LogP contribution >= 0.6 is 11.3 Å². The summed E-state index contributed by atoms with van der Waals surface area (Å²) < 4.78 is 0. The van der Waals surface area contributed by atoms with Crippen molar-refractivity contribution in [1.82, 2.24) is 15.6 Å². The average molecular weight is 330 g/mol. The highest BCUT2D eigenvalue weighted by Crippen LogP contribution is 2.17. The zero-order valence-electron chi connectivity index (χ0n) is 13.3. The standard InChI is InChI=1S/C17H22N4OS/c1-13-4-6-15(23-13)12-20-17(22)19-11-14-5-7-16(18-10-14)21-8-2-3-9-21/h4-7,10H,2-3,8-9,11-12H2,1H3,(H2,19,20,22). The molecule has 0 bridgehead atoms. The first-order valence-electron chi connectivity index (χ1n) is 7.97. The van der Waals surface area contributed by atoms with Crippen molar-refractivity contribution in [3.8, 4) is 0 Å². The largest absolute Gasteiger partial charge is 0.357 e. The van der Waals surface area contributed by atoms with Crippen molar-refractivity contribution in [2.45, 2.75) is 32.9 Å². The number of hydrogen-bond acceptors (Lipinski definition) is 4. The summed E-state index contributed by atoms with van der Waals surface area (Å²) in [6.45, 7) is 5.30. The summed E-state index contributed by atoms with van der Waals surface area (Å²) >= 11 is 1.70. The van der Waals surface area contributed by atoms with Gasteiger partial charge in [0, 0.05) is 35.6 Å². The number of rotatable bonds is 5. The van der Waals surface area contributed by atoms with Crippen LogP contribution in [0.1, 0.15) is 28.2 Å². The number of hydrogen-bond donors (Lipinski definition) is 2. The lowest BCUT2D eigenvalue weighted by Crippen LogP contribution is -2.34. The molecule has 0 unspecified atom stereocenters. The average Bonchev–Trinajstić information content (AvgIpc) is 3.23. The van der Waals surface area contributed by atoms with Crippen molar-refractivity contribution in [3.63, 3.8) is 0 Å². The van der Waals surface area contributed by atoms with Crippen molar-refractivity contribution in [3.05, 3.63) is 45.8 Å². The number of carbonyl (C=O) groups is 1. The van der Waals surface area contributed by atoms with Crippen LogP contribution in [-0.4, -0.2) is 24.1 Å². The van der Waals surface area contributed by atoms with Crippen LogP contribution in [0.15, 0.2) is 30.5 Å². The maximum absolute atomic E-state index is 11.8. The summed E-state index contributed by atoms with van der Waals surface area (Å²) in [7, 11) is 0. The van der Waals surface area contributed by atoms with Gasteiger partial charge in [-0.05, 0) is 43.5 Å². The Kier molecular flexibility index (Phi) is 5.12. The molecule has 0 saturated carbocycles. The number of aromatic nitrogens is 1. The normalized spacial score (nSPS) is 14.0. The van der Waals surface area contributed by atoms with E-state index in [1.165, 1.54) is 17.7 Å². The van der Waals surface area contributed by atoms with Crippen molar-refractivity contribution >= 4 is 23.2 Å². The lowest BCUT2D eigenvalue weighted by molar-refractivity contribution is 0.240. The van der Waals surface area contributed by atoms with Gasteiger partial charge in [0.15, 0.2) is 0 Å². The van der Waals surface area contributed by atoms with E-state index in [9.17, 15) is 4.79 Å². The van der Waals surface area contributed by atoms with Crippen molar-refractivity contribution in [2.75, 3.05) is 18.0 Å². The molecule has 23 heavy (non-hydrogen) atoms. The van der Waals surface area contributed by atoms with E-state index in [0.717, 1.165) is 29.3 Å². The van der Waals surface area contributed by atoms with Gasteiger partial charge in [-0.3, -0.25) is 0 Å². The van der Waals surface area contributed by atoms with Gasteiger partial charge in [0.2, 0.25) is 0 Å². The molecule has 2 amide bonds. The maximum Gasteiger partial charge on any atom is 0.315 e.